The summed E-state index contributed by atoms with van der Waals surface area (Å²) in [5.74, 6) is 0. The standard InChI is InChI=1S/C11H12N2S/c1-9(11-4-2-3-6-12-11)13-10-5-7-14-8-10/h2-9,13H,1H3. The van der Waals surface area contributed by atoms with Gasteiger partial charge in [0.05, 0.1) is 11.7 Å². The molecule has 0 fully saturated rings. The maximum absolute atomic E-state index is 4.30. The fourth-order valence-electron chi connectivity index (χ4n) is 1.30. The molecule has 0 aromatic carbocycles. The molecule has 2 rings (SSSR count). The molecule has 14 heavy (non-hydrogen) atoms. The van der Waals surface area contributed by atoms with Crippen LogP contribution < -0.4 is 5.32 Å². The molecule has 1 N–H and O–H groups in total. The molecule has 1 atom stereocenters. The van der Waals surface area contributed by atoms with Crippen LogP contribution in [0.5, 0.6) is 0 Å². The Hall–Kier alpha value is -1.35. The predicted octanol–water partition coefficient (Wildman–Crippen LogP) is 3.32. The molecule has 0 aliphatic carbocycles. The molecule has 2 aromatic rings. The average Bonchev–Trinajstić information content (AvgIpc) is 2.72. The SMILES string of the molecule is CC(Nc1ccsc1)c1ccccn1. The third-order valence-corrected chi connectivity index (χ3v) is 2.72. The van der Waals surface area contributed by atoms with Gasteiger partial charge in [-0.15, -0.1) is 0 Å². The van der Waals surface area contributed by atoms with Gasteiger partial charge in [0.1, 0.15) is 0 Å². The fourth-order valence-corrected chi connectivity index (χ4v) is 1.90. The quantitative estimate of drug-likeness (QED) is 0.829. The summed E-state index contributed by atoms with van der Waals surface area (Å²) < 4.78 is 0. The molecule has 2 nitrogen and oxygen atoms in total. The zero-order chi connectivity index (χ0) is 9.80. The van der Waals surface area contributed by atoms with Crippen LogP contribution in [0.3, 0.4) is 0 Å². The Bertz CT molecular complexity index is 369. The summed E-state index contributed by atoms with van der Waals surface area (Å²) >= 11 is 1.69. The topological polar surface area (TPSA) is 24.9 Å². The maximum atomic E-state index is 4.30. The monoisotopic (exact) mass is 204 g/mol. The van der Waals surface area contributed by atoms with E-state index in [1.807, 2.05) is 24.4 Å². The van der Waals surface area contributed by atoms with Gasteiger partial charge in [-0.3, -0.25) is 4.98 Å². The fraction of sp³-hybridized carbons (Fsp3) is 0.182. The lowest BCUT2D eigenvalue weighted by Gasteiger charge is -2.12. The van der Waals surface area contributed by atoms with E-state index in [2.05, 4.69) is 34.1 Å². The second kappa shape index (κ2) is 4.24. The maximum Gasteiger partial charge on any atom is 0.0657 e. The summed E-state index contributed by atoms with van der Waals surface area (Å²) in [6.07, 6.45) is 1.82. The van der Waals surface area contributed by atoms with E-state index < -0.39 is 0 Å². The molecule has 2 aromatic heterocycles. The van der Waals surface area contributed by atoms with Crippen LogP contribution in [0.1, 0.15) is 18.7 Å². The molecule has 0 aliphatic heterocycles. The summed E-state index contributed by atoms with van der Waals surface area (Å²) in [6.45, 7) is 2.11. The Balaban J connectivity index is 2.07. The van der Waals surface area contributed by atoms with Gasteiger partial charge in [0.15, 0.2) is 0 Å². The Morgan fingerprint density at radius 2 is 2.29 bits per heavy atom. The highest BCUT2D eigenvalue weighted by Crippen LogP contribution is 2.19. The van der Waals surface area contributed by atoms with E-state index in [1.54, 1.807) is 11.3 Å². The van der Waals surface area contributed by atoms with Gasteiger partial charge >= 0.3 is 0 Å². The van der Waals surface area contributed by atoms with Gasteiger partial charge in [0, 0.05) is 17.3 Å². The summed E-state index contributed by atoms with van der Waals surface area (Å²) in [4.78, 5) is 4.30. The minimum atomic E-state index is 0.255. The highest BCUT2D eigenvalue weighted by molar-refractivity contribution is 7.08. The molecule has 0 bridgehead atoms. The number of hydrogen-bond acceptors (Lipinski definition) is 3. The lowest BCUT2D eigenvalue weighted by molar-refractivity contribution is 0.840. The normalized spacial score (nSPS) is 12.4. The molecule has 0 amide bonds. The molecule has 0 aliphatic rings. The van der Waals surface area contributed by atoms with Crippen molar-refractivity contribution in [1.29, 1.82) is 0 Å². The van der Waals surface area contributed by atoms with E-state index in [0.717, 1.165) is 11.4 Å². The second-order valence-corrected chi connectivity index (χ2v) is 3.91. The molecule has 0 radical (unpaired) electrons. The van der Waals surface area contributed by atoms with Crippen LogP contribution in [0, 0.1) is 0 Å². The number of thiophene rings is 1. The van der Waals surface area contributed by atoms with Crippen molar-refractivity contribution in [3.8, 4) is 0 Å². The third kappa shape index (κ3) is 2.12. The van der Waals surface area contributed by atoms with Gasteiger partial charge in [-0.2, -0.15) is 11.3 Å². The third-order valence-electron chi connectivity index (χ3n) is 2.04. The van der Waals surface area contributed by atoms with Crippen LogP contribution in [-0.2, 0) is 0 Å². The Morgan fingerprint density at radius 1 is 1.36 bits per heavy atom. The van der Waals surface area contributed by atoms with Gasteiger partial charge in [0.2, 0.25) is 0 Å². The minimum absolute atomic E-state index is 0.255. The summed E-state index contributed by atoms with van der Waals surface area (Å²) in [6, 6.07) is 8.30. The van der Waals surface area contributed by atoms with Crippen molar-refractivity contribution in [3.05, 3.63) is 46.9 Å². The number of nitrogens with one attached hydrogen (secondary N) is 1. The number of anilines is 1. The first kappa shape index (κ1) is 9.21. The van der Waals surface area contributed by atoms with Crippen LogP contribution in [-0.4, -0.2) is 4.98 Å². The van der Waals surface area contributed by atoms with Gasteiger partial charge in [-0.1, -0.05) is 6.07 Å². The number of nitrogens with zero attached hydrogens (tertiary/aromatic N) is 1. The lowest BCUT2D eigenvalue weighted by Crippen LogP contribution is -2.07. The number of rotatable bonds is 3. The molecule has 1 unspecified atom stereocenters. The highest BCUT2D eigenvalue weighted by atomic mass is 32.1. The summed E-state index contributed by atoms with van der Waals surface area (Å²) in [5, 5.41) is 7.55. The van der Waals surface area contributed by atoms with E-state index in [4.69, 9.17) is 0 Å². The summed E-state index contributed by atoms with van der Waals surface area (Å²) in [7, 11) is 0. The lowest BCUT2D eigenvalue weighted by atomic mass is 10.2. The van der Waals surface area contributed by atoms with Crippen molar-refractivity contribution in [2.45, 2.75) is 13.0 Å². The van der Waals surface area contributed by atoms with E-state index in [-0.39, 0.29) is 6.04 Å². The minimum Gasteiger partial charge on any atom is -0.376 e. The zero-order valence-electron chi connectivity index (χ0n) is 7.97. The first-order valence-corrected chi connectivity index (χ1v) is 5.50. The van der Waals surface area contributed by atoms with Crippen molar-refractivity contribution in [3.63, 3.8) is 0 Å². The molecule has 0 saturated heterocycles. The molecule has 3 heteroatoms. The number of hydrogen-bond donors (Lipinski definition) is 1. The summed E-state index contributed by atoms with van der Waals surface area (Å²) in [5.41, 5.74) is 2.23. The van der Waals surface area contributed by atoms with Crippen LogP contribution >= 0.6 is 11.3 Å². The molecule has 2 heterocycles. The molecular formula is C11H12N2S. The van der Waals surface area contributed by atoms with Crippen molar-refractivity contribution < 1.29 is 0 Å². The van der Waals surface area contributed by atoms with E-state index in [1.165, 1.54) is 0 Å². The smallest absolute Gasteiger partial charge is 0.0657 e. The Kier molecular flexibility index (Phi) is 2.79. The molecule has 0 saturated carbocycles. The predicted molar refractivity (Wildman–Crippen MR) is 60.6 cm³/mol. The van der Waals surface area contributed by atoms with Gasteiger partial charge in [-0.25, -0.2) is 0 Å². The number of aromatic nitrogens is 1. The molecule has 0 spiro atoms. The van der Waals surface area contributed by atoms with Crippen LogP contribution in [0.4, 0.5) is 5.69 Å². The Labute approximate surface area is 87.6 Å². The van der Waals surface area contributed by atoms with Crippen LogP contribution in [0.15, 0.2) is 41.2 Å². The van der Waals surface area contributed by atoms with Gasteiger partial charge < -0.3 is 5.32 Å². The van der Waals surface area contributed by atoms with Crippen LogP contribution in [0.2, 0.25) is 0 Å². The Morgan fingerprint density at radius 3 is 2.93 bits per heavy atom. The van der Waals surface area contributed by atoms with Crippen molar-refractivity contribution >= 4 is 17.0 Å². The second-order valence-electron chi connectivity index (χ2n) is 3.13. The largest absolute Gasteiger partial charge is 0.376 e. The van der Waals surface area contributed by atoms with E-state index in [0.29, 0.717) is 0 Å². The first-order valence-electron chi connectivity index (χ1n) is 4.56. The molecule has 72 valence electrons. The van der Waals surface area contributed by atoms with Gasteiger partial charge in [0.25, 0.3) is 0 Å². The highest BCUT2D eigenvalue weighted by Gasteiger charge is 2.05. The van der Waals surface area contributed by atoms with E-state index >= 15 is 0 Å². The molecular weight excluding hydrogens is 192 g/mol. The average molecular weight is 204 g/mol. The van der Waals surface area contributed by atoms with Crippen molar-refractivity contribution in [2.75, 3.05) is 5.32 Å². The first-order chi connectivity index (χ1) is 6.86. The zero-order valence-corrected chi connectivity index (χ0v) is 8.79. The van der Waals surface area contributed by atoms with Crippen molar-refractivity contribution in [2.24, 2.45) is 0 Å². The van der Waals surface area contributed by atoms with E-state index in [9.17, 15) is 0 Å². The number of pyridine rings is 1. The van der Waals surface area contributed by atoms with Crippen molar-refractivity contribution in [1.82, 2.24) is 4.98 Å². The van der Waals surface area contributed by atoms with Gasteiger partial charge in [-0.05, 0) is 30.5 Å². The van der Waals surface area contributed by atoms with Crippen LogP contribution in [0.25, 0.3) is 0 Å².